The van der Waals surface area contributed by atoms with Crippen LogP contribution in [0.3, 0.4) is 0 Å². The highest BCUT2D eigenvalue weighted by molar-refractivity contribution is 5.96. The van der Waals surface area contributed by atoms with Crippen molar-refractivity contribution in [2.75, 3.05) is 25.1 Å². The van der Waals surface area contributed by atoms with Crippen LogP contribution in [0.15, 0.2) is 48.5 Å². The Morgan fingerprint density at radius 3 is 2.22 bits per heavy atom. The molecule has 7 nitrogen and oxygen atoms in total. The van der Waals surface area contributed by atoms with Crippen molar-refractivity contribution in [1.82, 2.24) is 5.32 Å². The van der Waals surface area contributed by atoms with Gasteiger partial charge >= 0.3 is 12.1 Å². The molecular weight excluding hydrogens is 429 g/mol. The van der Waals surface area contributed by atoms with E-state index >= 15 is 0 Å². The summed E-state index contributed by atoms with van der Waals surface area (Å²) in [5.74, 6) is -1.45. The third-order valence-corrected chi connectivity index (χ3v) is 4.14. The minimum Gasteiger partial charge on any atom is -0.494 e. The molecule has 0 unspecified atom stereocenters. The van der Waals surface area contributed by atoms with Crippen molar-refractivity contribution in [2.24, 2.45) is 0 Å². The van der Waals surface area contributed by atoms with E-state index in [9.17, 15) is 27.6 Å². The van der Waals surface area contributed by atoms with Crippen molar-refractivity contribution < 1.29 is 37.0 Å². The topological polar surface area (TPSA) is 93.7 Å². The lowest BCUT2D eigenvalue weighted by molar-refractivity contribution is -0.146. The lowest BCUT2D eigenvalue weighted by Gasteiger charge is -2.10. The van der Waals surface area contributed by atoms with Crippen molar-refractivity contribution in [3.8, 4) is 5.75 Å². The van der Waals surface area contributed by atoms with Crippen molar-refractivity contribution >= 4 is 23.5 Å². The van der Waals surface area contributed by atoms with Gasteiger partial charge in [-0.15, -0.1) is 0 Å². The van der Waals surface area contributed by atoms with E-state index in [1.807, 2.05) is 6.92 Å². The first-order valence-corrected chi connectivity index (χ1v) is 9.83. The Hall–Kier alpha value is -3.56. The number of nitrogens with one attached hydrogen (secondary N) is 2. The first-order chi connectivity index (χ1) is 15.2. The number of alkyl halides is 3. The summed E-state index contributed by atoms with van der Waals surface area (Å²) >= 11 is 0. The highest BCUT2D eigenvalue weighted by Crippen LogP contribution is 2.29. The molecule has 0 aliphatic heterocycles. The van der Waals surface area contributed by atoms with Crippen LogP contribution in [0.2, 0.25) is 0 Å². The molecule has 0 heterocycles. The van der Waals surface area contributed by atoms with E-state index in [1.54, 1.807) is 24.3 Å². The molecule has 172 valence electrons. The molecular formula is C22H23F3N2O5. The second-order valence-electron chi connectivity index (χ2n) is 6.69. The molecule has 0 aliphatic rings. The van der Waals surface area contributed by atoms with Crippen LogP contribution in [-0.2, 0) is 20.5 Å². The van der Waals surface area contributed by atoms with Crippen molar-refractivity contribution in [3.05, 3.63) is 59.7 Å². The first-order valence-electron chi connectivity index (χ1n) is 9.83. The van der Waals surface area contributed by atoms with Crippen molar-refractivity contribution in [3.63, 3.8) is 0 Å². The van der Waals surface area contributed by atoms with Crippen molar-refractivity contribution in [1.29, 1.82) is 0 Å². The summed E-state index contributed by atoms with van der Waals surface area (Å²) in [6.07, 6.45) is -2.55. The summed E-state index contributed by atoms with van der Waals surface area (Å²) in [7, 11) is 0. The fourth-order valence-electron chi connectivity index (χ4n) is 2.43. The molecule has 0 fully saturated rings. The van der Waals surface area contributed by atoms with Crippen LogP contribution in [0.25, 0.3) is 0 Å². The third-order valence-electron chi connectivity index (χ3n) is 4.14. The van der Waals surface area contributed by atoms with Crippen LogP contribution in [-0.4, -0.2) is 37.5 Å². The first kappa shape index (κ1) is 24.7. The van der Waals surface area contributed by atoms with Crippen LogP contribution in [0, 0.1) is 0 Å². The zero-order valence-electron chi connectivity index (χ0n) is 17.3. The molecule has 0 saturated carbocycles. The molecule has 32 heavy (non-hydrogen) atoms. The fourth-order valence-corrected chi connectivity index (χ4v) is 2.43. The van der Waals surface area contributed by atoms with Crippen LogP contribution < -0.4 is 15.4 Å². The van der Waals surface area contributed by atoms with Gasteiger partial charge in [-0.3, -0.25) is 14.4 Å². The molecule has 0 spiro atoms. The average Bonchev–Trinajstić information content (AvgIpc) is 2.76. The SMILES string of the molecule is CCCCOc1ccc(C(=O)NCC(=O)OCC(=O)Nc2ccc(C(F)(F)F)cc2)cc1. The molecule has 2 aromatic rings. The molecule has 2 amide bonds. The number of carbonyl (C=O) groups is 3. The Kier molecular flexibility index (Phi) is 9.06. The van der Waals surface area contributed by atoms with Crippen LogP contribution >= 0.6 is 0 Å². The summed E-state index contributed by atoms with van der Waals surface area (Å²) in [6.45, 7) is 1.52. The smallest absolute Gasteiger partial charge is 0.416 e. The minimum atomic E-state index is -4.48. The number of unbranched alkanes of at least 4 members (excludes halogenated alkanes) is 1. The second-order valence-corrected chi connectivity index (χ2v) is 6.69. The van der Waals surface area contributed by atoms with Gasteiger partial charge in [0, 0.05) is 11.3 Å². The molecule has 2 N–H and O–H groups in total. The summed E-state index contributed by atoms with van der Waals surface area (Å²) in [5.41, 5.74) is -0.411. The molecule has 10 heteroatoms. The van der Waals surface area contributed by atoms with E-state index in [2.05, 4.69) is 10.6 Å². The minimum absolute atomic E-state index is 0.120. The number of halogens is 3. The van der Waals surface area contributed by atoms with Crippen LogP contribution in [0.4, 0.5) is 18.9 Å². The van der Waals surface area contributed by atoms with Gasteiger partial charge in [0.2, 0.25) is 0 Å². The van der Waals surface area contributed by atoms with Gasteiger partial charge in [-0.1, -0.05) is 13.3 Å². The predicted molar refractivity (Wildman–Crippen MR) is 110 cm³/mol. The highest BCUT2D eigenvalue weighted by Gasteiger charge is 2.30. The van der Waals surface area contributed by atoms with E-state index in [0.29, 0.717) is 17.9 Å². The fraction of sp³-hybridized carbons (Fsp3) is 0.318. The van der Waals surface area contributed by atoms with E-state index < -0.39 is 42.7 Å². The van der Waals surface area contributed by atoms with Crippen LogP contribution in [0.5, 0.6) is 5.75 Å². The van der Waals surface area contributed by atoms with Gasteiger partial charge in [0.15, 0.2) is 6.61 Å². The second kappa shape index (κ2) is 11.7. The Balaban J connectivity index is 1.71. The molecule has 0 radical (unpaired) electrons. The Morgan fingerprint density at radius 2 is 1.62 bits per heavy atom. The number of rotatable bonds is 10. The quantitative estimate of drug-likeness (QED) is 0.423. The summed E-state index contributed by atoms with van der Waals surface area (Å²) in [6, 6.07) is 10.2. The molecule has 0 aromatic heterocycles. The maximum atomic E-state index is 12.5. The number of ether oxygens (including phenoxy) is 2. The van der Waals surface area contributed by atoms with Gasteiger partial charge in [0.05, 0.1) is 12.2 Å². The normalized spacial score (nSPS) is 10.9. The van der Waals surface area contributed by atoms with E-state index in [1.165, 1.54) is 0 Å². The van der Waals surface area contributed by atoms with Crippen LogP contribution in [0.1, 0.15) is 35.7 Å². The van der Waals surface area contributed by atoms with Gasteiger partial charge in [-0.2, -0.15) is 13.2 Å². The Bertz CT molecular complexity index is 913. The van der Waals surface area contributed by atoms with Gasteiger partial charge in [0.1, 0.15) is 12.3 Å². The highest BCUT2D eigenvalue weighted by atomic mass is 19.4. The van der Waals surface area contributed by atoms with E-state index in [-0.39, 0.29) is 5.69 Å². The number of esters is 1. The van der Waals surface area contributed by atoms with Gasteiger partial charge in [-0.05, 0) is 55.0 Å². The molecule has 0 saturated heterocycles. The predicted octanol–water partition coefficient (Wildman–Crippen LogP) is 3.80. The zero-order chi connectivity index (χ0) is 23.6. The lowest BCUT2D eigenvalue weighted by Crippen LogP contribution is -2.32. The number of amides is 2. The van der Waals surface area contributed by atoms with Crippen molar-refractivity contribution in [2.45, 2.75) is 25.9 Å². The Morgan fingerprint density at radius 1 is 0.969 bits per heavy atom. The molecule has 0 aliphatic carbocycles. The molecule has 0 atom stereocenters. The average molecular weight is 452 g/mol. The third kappa shape index (κ3) is 8.29. The van der Waals surface area contributed by atoms with Gasteiger partial charge < -0.3 is 20.1 Å². The molecule has 2 rings (SSSR count). The largest absolute Gasteiger partial charge is 0.494 e. The number of anilines is 1. The number of benzene rings is 2. The van der Waals surface area contributed by atoms with Gasteiger partial charge in [-0.25, -0.2) is 0 Å². The summed E-state index contributed by atoms with van der Waals surface area (Å²) in [5, 5.41) is 4.68. The monoisotopic (exact) mass is 452 g/mol. The number of hydrogen-bond donors (Lipinski definition) is 2. The van der Waals surface area contributed by atoms with E-state index in [0.717, 1.165) is 37.1 Å². The summed E-state index contributed by atoms with van der Waals surface area (Å²) < 4.78 is 47.8. The summed E-state index contributed by atoms with van der Waals surface area (Å²) in [4.78, 5) is 35.6. The molecule has 0 bridgehead atoms. The Labute approximate surface area is 182 Å². The maximum absolute atomic E-state index is 12.5. The maximum Gasteiger partial charge on any atom is 0.416 e. The zero-order valence-corrected chi connectivity index (χ0v) is 17.3. The van der Waals surface area contributed by atoms with Gasteiger partial charge in [0.25, 0.3) is 11.8 Å². The number of hydrogen-bond acceptors (Lipinski definition) is 5. The van der Waals surface area contributed by atoms with E-state index in [4.69, 9.17) is 9.47 Å². The molecule has 2 aromatic carbocycles. The lowest BCUT2D eigenvalue weighted by atomic mass is 10.2. The number of carbonyl (C=O) groups excluding carboxylic acids is 3. The standard InChI is InChI=1S/C22H23F3N2O5/c1-2-3-12-31-18-10-4-15(5-11-18)21(30)26-13-20(29)32-14-19(28)27-17-8-6-16(7-9-17)22(23,24)25/h4-11H,2-3,12-14H2,1H3,(H,26,30)(H,27,28).